The second kappa shape index (κ2) is 5.32. The van der Waals surface area contributed by atoms with Crippen molar-refractivity contribution in [3.8, 4) is 0 Å². The van der Waals surface area contributed by atoms with Gasteiger partial charge in [-0.3, -0.25) is 9.69 Å². The molecule has 1 aromatic carbocycles. The Morgan fingerprint density at radius 3 is 2.55 bits per heavy atom. The van der Waals surface area contributed by atoms with E-state index in [9.17, 15) is 14.4 Å². The van der Waals surface area contributed by atoms with E-state index in [1.54, 1.807) is 7.05 Å². The van der Waals surface area contributed by atoms with E-state index in [1.807, 2.05) is 37.3 Å². The van der Waals surface area contributed by atoms with Crippen LogP contribution < -0.4 is 5.32 Å². The van der Waals surface area contributed by atoms with E-state index < -0.39 is 18.0 Å². The molecule has 7 heteroatoms. The van der Waals surface area contributed by atoms with Crippen molar-refractivity contribution in [2.75, 3.05) is 13.7 Å². The van der Waals surface area contributed by atoms with Gasteiger partial charge in [0.25, 0.3) is 5.91 Å². The molecule has 1 N–H and O–H groups in total. The highest BCUT2D eigenvalue weighted by Gasteiger charge is 2.48. The molecule has 2 aliphatic rings. The molecule has 116 valence electrons. The third-order valence-corrected chi connectivity index (χ3v) is 4.20. The number of amides is 4. The molecule has 2 heterocycles. The summed E-state index contributed by atoms with van der Waals surface area (Å²) in [5, 5.41) is 2.43. The molecule has 0 bridgehead atoms. The topological polar surface area (TPSA) is 79.0 Å². The lowest BCUT2D eigenvalue weighted by molar-refractivity contribution is -0.131. The van der Waals surface area contributed by atoms with Crippen LogP contribution in [0, 0.1) is 0 Å². The summed E-state index contributed by atoms with van der Waals surface area (Å²) in [7, 11) is 1.67. The van der Waals surface area contributed by atoms with Crippen LogP contribution in [0.2, 0.25) is 0 Å². The summed E-state index contributed by atoms with van der Waals surface area (Å²) in [4.78, 5) is 39.0. The zero-order chi connectivity index (χ0) is 15.9. The molecule has 0 aliphatic carbocycles. The maximum Gasteiger partial charge on any atom is 0.407 e. The molecule has 7 nitrogen and oxygen atoms in total. The third-order valence-electron chi connectivity index (χ3n) is 4.20. The van der Waals surface area contributed by atoms with Gasteiger partial charge in [-0.2, -0.15) is 0 Å². The number of hydrogen-bond donors (Lipinski definition) is 1. The molecule has 1 aromatic rings. The first-order valence-corrected chi connectivity index (χ1v) is 7.09. The molecule has 3 rings (SSSR count). The van der Waals surface area contributed by atoms with Crippen molar-refractivity contribution in [1.29, 1.82) is 0 Å². The lowest BCUT2D eigenvalue weighted by atomic mass is 10.00. The number of benzene rings is 1. The third kappa shape index (κ3) is 2.18. The van der Waals surface area contributed by atoms with Crippen LogP contribution in [0.4, 0.5) is 9.59 Å². The highest BCUT2D eigenvalue weighted by Crippen LogP contribution is 2.35. The van der Waals surface area contributed by atoms with Crippen molar-refractivity contribution < 1.29 is 19.1 Å². The van der Waals surface area contributed by atoms with Gasteiger partial charge in [0.05, 0.1) is 12.1 Å². The fourth-order valence-electron chi connectivity index (χ4n) is 2.89. The van der Waals surface area contributed by atoms with Crippen molar-refractivity contribution in [2.45, 2.75) is 25.0 Å². The Morgan fingerprint density at radius 2 is 1.95 bits per heavy atom. The van der Waals surface area contributed by atoms with Crippen LogP contribution in [0.15, 0.2) is 30.3 Å². The van der Waals surface area contributed by atoms with Gasteiger partial charge in [0.1, 0.15) is 12.6 Å². The Morgan fingerprint density at radius 1 is 1.27 bits per heavy atom. The van der Waals surface area contributed by atoms with Crippen LogP contribution in [0.5, 0.6) is 0 Å². The average Bonchev–Trinajstić information content (AvgIpc) is 3.05. The summed E-state index contributed by atoms with van der Waals surface area (Å²) < 4.78 is 4.75. The number of hydrogen-bond acceptors (Lipinski definition) is 4. The maximum absolute atomic E-state index is 12.7. The number of nitrogens with one attached hydrogen (secondary N) is 1. The second-order valence-electron chi connectivity index (χ2n) is 5.49. The Kier molecular flexibility index (Phi) is 3.48. The largest absolute Gasteiger partial charge is 0.447 e. The molecule has 0 radical (unpaired) electrons. The van der Waals surface area contributed by atoms with Crippen LogP contribution in [-0.2, 0) is 9.53 Å². The molecule has 0 aromatic heterocycles. The summed E-state index contributed by atoms with van der Waals surface area (Å²) in [5.41, 5.74) is 0.881. The predicted octanol–water partition coefficient (Wildman–Crippen LogP) is 1.12. The van der Waals surface area contributed by atoms with Crippen molar-refractivity contribution in [3.63, 3.8) is 0 Å². The van der Waals surface area contributed by atoms with E-state index in [-0.39, 0.29) is 24.7 Å². The van der Waals surface area contributed by atoms with Gasteiger partial charge in [-0.15, -0.1) is 0 Å². The Balaban J connectivity index is 1.94. The molecule has 4 amide bonds. The number of alkyl carbamates (subject to hydrolysis) is 1. The minimum Gasteiger partial charge on any atom is -0.447 e. The number of urea groups is 1. The quantitative estimate of drug-likeness (QED) is 0.888. The van der Waals surface area contributed by atoms with Gasteiger partial charge in [0.2, 0.25) is 0 Å². The first-order chi connectivity index (χ1) is 10.5. The first-order valence-electron chi connectivity index (χ1n) is 7.09. The number of carbonyl (C=O) groups excluding carboxylic acids is 3. The predicted molar refractivity (Wildman–Crippen MR) is 76.9 cm³/mol. The molecule has 3 atom stereocenters. The normalized spacial score (nSPS) is 27.8. The lowest BCUT2D eigenvalue weighted by Crippen LogP contribution is -2.47. The summed E-state index contributed by atoms with van der Waals surface area (Å²) >= 11 is 0. The molecule has 0 saturated carbocycles. The van der Waals surface area contributed by atoms with Crippen LogP contribution in [0.1, 0.15) is 18.5 Å². The van der Waals surface area contributed by atoms with Crippen LogP contribution in [0.25, 0.3) is 0 Å². The highest BCUT2D eigenvalue weighted by atomic mass is 16.6. The van der Waals surface area contributed by atoms with Crippen molar-refractivity contribution in [2.24, 2.45) is 0 Å². The minimum atomic E-state index is -0.818. The smallest absolute Gasteiger partial charge is 0.407 e. The van der Waals surface area contributed by atoms with Gasteiger partial charge in [0, 0.05) is 7.05 Å². The lowest BCUT2D eigenvalue weighted by Gasteiger charge is -2.25. The second-order valence-corrected chi connectivity index (χ2v) is 5.49. The van der Waals surface area contributed by atoms with Crippen molar-refractivity contribution in [3.05, 3.63) is 35.9 Å². The van der Waals surface area contributed by atoms with Gasteiger partial charge in [-0.05, 0) is 12.5 Å². The van der Waals surface area contributed by atoms with Gasteiger partial charge < -0.3 is 15.0 Å². The van der Waals surface area contributed by atoms with E-state index in [1.165, 1.54) is 9.80 Å². The SMILES string of the molecule is C[C@H]1[C@@H](c2ccccc2)N(C(=O)[C@H]2COC(=O)N2)C(=O)N1C. The molecule has 2 fully saturated rings. The van der Waals surface area contributed by atoms with E-state index in [4.69, 9.17) is 4.74 Å². The Hall–Kier alpha value is -2.57. The minimum absolute atomic E-state index is 0.0545. The summed E-state index contributed by atoms with van der Waals surface area (Å²) in [6.45, 7) is 1.84. The zero-order valence-corrected chi connectivity index (χ0v) is 12.4. The number of rotatable bonds is 2. The molecule has 22 heavy (non-hydrogen) atoms. The van der Waals surface area contributed by atoms with E-state index in [2.05, 4.69) is 5.32 Å². The van der Waals surface area contributed by atoms with Gasteiger partial charge in [-0.1, -0.05) is 30.3 Å². The number of nitrogens with zero attached hydrogens (tertiary/aromatic N) is 2. The summed E-state index contributed by atoms with van der Waals surface area (Å²) in [6, 6.07) is 7.66. The molecule has 0 spiro atoms. The number of likely N-dealkylation sites (N-methyl/N-ethyl adjacent to an activating group) is 1. The van der Waals surface area contributed by atoms with E-state index in [0.29, 0.717) is 0 Å². The molecular formula is C15H17N3O4. The molecule has 2 aliphatic heterocycles. The standard InChI is InChI=1S/C15H17N3O4/c1-9-12(10-6-4-3-5-7-10)18(15(21)17(9)2)13(19)11-8-22-14(20)16-11/h3-7,9,11-12H,8H2,1-2H3,(H,16,20)/t9-,11+,12-/m0/s1. The fraction of sp³-hybridized carbons (Fsp3) is 0.400. The Bertz CT molecular complexity index is 618. The molecule has 2 saturated heterocycles. The number of ether oxygens (including phenoxy) is 1. The zero-order valence-electron chi connectivity index (χ0n) is 12.4. The summed E-state index contributed by atoms with van der Waals surface area (Å²) in [6.07, 6.45) is -0.636. The average molecular weight is 303 g/mol. The van der Waals surface area contributed by atoms with Crippen molar-refractivity contribution in [1.82, 2.24) is 15.1 Å². The van der Waals surface area contributed by atoms with E-state index in [0.717, 1.165) is 5.56 Å². The van der Waals surface area contributed by atoms with Crippen LogP contribution in [0.3, 0.4) is 0 Å². The number of carbonyl (C=O) groups is 3. The van der Waals surface area contributed by atoms with Crippen LogP contribution >= 0.6 is 0 Å². The van der Waals surface area contributed by atoms with Crippen LogP contribution in [-0.4, -0.2) is 53.6 Å². The molecule has 0 unspecified atom stereocenters. The number of cyclic esters (lactones) is 1. The van der Waals surface area contributed by atoms with Gasteiger partial charge in [-0.25, -0.2) is 9.59 Å². The van der Waals surface area contributed by atoms with Gasteiger partial charge >= 0.3 is 12.1 Å². The molecular weight excluding hydrogens is 286 g/mol. The van der Waals surface area contributed by atoms with Gasteiger partial charge in [0.15, 0.2) is 0 Å². The highest BCUT2D eigenvalue weighted by molar-refractivity contribution is 6.01. The fourth-order valence-corrected chi connectivity index (χ4v) is 2.89. The first kappa shape index (κ1) is 14.4. The van der Waals surface area contributed by atoms with E-state index >= 15 is 0 Å². The summed E-state index contributed by atoms with van der Waals surface area (Å²) in [5.74, 6) is -0.444. The number of imide groups is 1. The maximum atomic E-state index is 12.7. The monoisotopic (exact) mass is 303 g/mol. The van der Waals surface area contributed by atoms with Crippen molar-refractivity contribution >= 4 is 18.0 Å². The Labute approximate surface area is 127 Å².